The molecular weight excluding hydrogens is 424 g/mol. The summed E-state index contributed by atoms with van der Waals surface area (Å²) >= 11 is 10.8. The van der Waals surface area contributed by atoms with Crippen LogP contribution >= 0.6 is 38.9 Å². The van der Waals surface area contributed by atoms with Crippen molar-refractivity contribution in [2.45, 2.75) is 13.8 Å². The second kappa shape index (κ2) is 7.51. The van der Waals surface area contributed by atoms with Crippen molar-refractivity contribution in [1.82, 2.24) is 9.97 Å². The molecule has 1 amide bonds. The van der Waals surface area contributed by atoms with E-state index in [2.05, 4.69) is 36.5 Å². The lowest BCUT2D eigenvalue weighted by atomic mass is 10.2. The Labute approximate surface area is 162 Å². The van der Waals surface area contributed by atoms with E-state index >= 15 is 0 Å². The van der Waals surface area contributed by atoms with Crippen LogP contribution in [-0.2, 0) is 0 Å². The second-order valence-electron chi connectivity index (χ2n) is 5.36. The number of pyridine rings is 1. The Balaban J connectivity index is 1.75. The first-order valence-electron chi connectivity index (χ1n) is 7.35. The number of benzene rings is 1. The van der Waals surface area contributed by atoms with Crippen molar-refractivity contribution >= 4 is 61.4 Å². The van der Waals surface area contributed by atoms with Gasteiger partial charge in [0.1, 0.15) is 10.7 Å². The van der Waals surface area contributed by atoms with Crippen molar-refractivity contribution in [2.24, 2.45) is 0 Å². The molecule has 2 heterocycles. The molecule has 2 aromatic heterocycles. The summed E-state index contributed by atoms with van der Waals surface area (Å²) < 4.78 is 0.907. The van der Waals surface area contributed by atoms with Gasteiger partial charge in [0.25, 0.3) is 5.91 Å². The lowest BCUT2D eigenvalue weighted by Gasteiger charge is -2.08. The summed E-state index contributed by atoms with van der Waals surface area (Å²) in [6.07, 6.45) is 3.24. The van der Waals surface area contributed by atoms with Gasteiger partial charge in [-0.05, 0) is 53.0 Å². The van der Waals surface area contributed by atoms with Crippen LogP contribution < -0.4 is 10.6 Å². The molecule has 0 spiro atoms. The average Bonchev–Trinajstić information content (AvgIpc) is 3.02. The Morgan fingerprint density at radius 1 is 1.20 bits per heavy atom. The van der Waals surface area contributed by atoms with Crippen molar-refractivity contribution in [3.63, 3.8) is 0 Å². The molecule has 0 saturated heterocycles. The van der Waals surface area contributed by atoms with Crippen molar-refractivity contribution < 1.29 is 4.79 Å². The van der Waals surface area contributed by atoms with E-state index in [0.717, 1.165) is 15.6 Å². The lowest BCUT2D eigenvalue weighted by molar-refractivity contribution is 0.103. The number of hydrogen-bond donors (Lipinski definition) is 2. The number of rotatable bonds is 4. The number of aryl methyl sites for hydroxylation is 2. The molecule has 0 radical (unpaired) electrons. The Morgan fingerprint density at radius 3 is 2.72 bits per heavy atom. The number of thiazole rings is 1. The summed E-state index contributed by atoms with van der Waals surface area (Å²) in [5.74, 6) is 0.452. The van der Waals surface area contributed by atoms with Gasteiger partial charge in [-0.15, -0.1) is 0 Å². The van der Waals surface area contributed by atoms with Crippen molar-refractivity contribution in [2.75, 3.05) is 10.6 Å². The van der Waals surface area contributed by atoms with Gasteiger partial charge in [-0.1, -0.05) is 35.1 Å². The van der Waals surface area contributed by atoms with E-state index in [1.807, 2.05) is 32.0 Å². The highest BCUT2D eigenvalue weighted by Gasteiger charge is 2.14. The molecule has 0 atom stereocenters. The van der Waals surface area contributed by atoms with Crippen LogP contribution in [-0.4, -0.2) is 15.9 Å². The molecule has 0 aliphatic heterocycles. The Morgan fingerprint density at radius 2 is 2.00 bits per heavy atom. The molecule has 3 aromatic rings. The van der Waals surface area contributed by atoms with E-state index in [9.17, 15) is 4.79 Å². The smallest absolute Gasteiger partial charge is 0.267 e. The predicted molar refractivity (Wildman–Crippen MR) is 106 cm³/mol. The minimum Gasteiger partial charge on any atom is -0.320 e. The largest absolute Gasteiger partial charge is 0.320 e. The third kappa shape index (κ3) is 4.18. The summed E-state index contributed by atoms with van der Waals surface area (Å²) in [5, 5.41) is 7.07. The van der Waals surface area contributed by atoms with Crippen LogP contribution in [0.25, 0.3) is 0 Å². The summed E-state index contributed by atoms with van der Waals surface area (Å²) in [6.45, 7) is 3.84. The molecule has 0 aliphatic carbocycles. The van der Waals surface area contributed by atoms with Gasteiger partial charge in [0.05, 0.1) is 16.9 Å². The van der Waals surface area contributed by atoms with Gasteiger partial charge < -0.3 is 10.6 Å². The fourth-order valence-electron chi connectivity index (χ4n) is 2.17. The number of anilines is 3. The van der Waals surface area contributed by atoms with Gasteiger partial charge in [-0.3, -0.25) is 4.79 Å². The summed E-state index contributed by atoms with van der Waals surface area (Å²) in [7, 11) is 0. The average molecular weight is 438 g/mol. The molecule has 128 valence electrons. The minimum atomic E-state index is -0.248. The van der Waals surface area contributed by atoms with E-state index in [1.54, 1.807) is 12.3 Å². The van der Waals surface area contributed by atoms with Crippen molar-refractivity contribution in [3.8, 4) is 0 Å². The molecule has 8 heteroatoms. The monoisotopic (exact) mass is 436 g/mol. The van der Waals surface area contributed by atoms with E-state index in [4.69, 9.17) is 11.6 Å². The van der Waals surface area contributed by atoms with Gasteiger partial charge in [0.2, 0.25) is 0 Å². The van der Waals surface area contributed by atoms with Crippen LogP contribution in [0.3, 0.4) is 0 Å². The zero-order valence-electron chi connectivity index (χ0n) is 13.4. The van der Waals surface area contributed by atoms with Gasteiger partial charge in [0.15, 0.2) is 5.13 Å². The van der Waals surface area contributed by atoms with E-state index in [0.29, 0.717) is 26.5 Å². The summed E-state index contributed by atoms with van der Waals surface area (Å²) in [4.78, 5) is 21.5. The number of hydrogen-bond acceptors (Lipinski definition) is 5. The highest BCUT2D eigenvalue weighted by Crippen LogP contribution is 2.28. The first-order valence-corrected chi connectivity index (χ1v) is 9.34. The maximum atomic E-state index is 12.4. The molecule has 25 heavy (non-hydrogen) atoms. The number of carbonyl (C=O) groups excluding carboxylic acids is 1. The maximum Gasteiger partial charge on any atom is 0.267 e. The fraction of sp³-hybridized carbons (Fsp3) is 0.118. The standard InChI is InChI=1S/C17H14BrClN4OS/c1-9-4-3-5-12(19)14(9)22-16(24)13-8-21-17(25-13)23-15-10(2)6-11(18)7-20-15/h3-8H,1-2H3,(H,22,24)(H,20,21,23). The molecule has 3 rings (SSSR count). The molecule has 0 saturated carbocycles. The number of carbonyl (C=O) groups is 1. The van der Waals surface area contributed by atoms with Crippen LogP contribution in [0.2, 0.25) is 5.02 Å². The van der Waals surface area contributed by atoms with Crippen molar-refractivity contribution in [1.29, 1.82) is 0 Å². The van der Waals surface area contributed by atoms with Gasteiger partial charge >= 0.3 is 0 Å². The summed E-state index contributed by atoms with van der Waals surface area (Å²) in [5.41, 5.74) is 2.49. The number of amides is 1. The lowest BCUT2D eigenvalue weighted by Crippen LogP contribution is -2.11. The molecule has 1 aromatic carbocycles. The Hall–Kier alpha value is -1.96. The molecule has 0 unspecified atom stereocenters. The Bertz CT molecular complexity index is 924. The van der Waals surface area contributed by atoms with Gasteiger partial charge in [0, 0.05) is 10.7 Å². The van der Waals surface area contributed by atoms with Crippen LogP contribution in [0.15, 0.2) is 41.1 Å². The Kier molecular flexibility index (Phi) is 5.36. The molecule has 5 nitrogen and oxygen atoms in total. The maximum absolute atomic E-state index is 12.4. The first-order chi connectivity index (χ1) is 11.9. The third-order valence-electron chi connectivity index (χ3n) is 3.46. The van der Waals surface area contributed by atoms with Crippen molar-refractivity contribution in [3.05, 3.63) is 62.2 Å². The number of nitrogens with one attached hydrogen (secondary N) is 2. The minimum absolute atomic E-state index is 0.248. The number of aromatic nitrogens is 2. The van der Waals surface area contributed by atoms with Crippen LogP contribution in [0.4, 0.5) is 16.6 Å². The topological polar surface area (TPSA) is 66.9 Å². The van der Waals surface area contributed by atoms with Gasteiger partial charge in [-0.25, -0.2) is 9.97 Å². The SMILES string of the molecule is Cc1cc(Br)cnc1Nc1ncc(C(=O)Nc2c(C)cccc2Cl)s1. The van der Waals surface area contributed by atoms with Crippen LogP contribution in [0, 0.1) is 13.8 Å². The predicted octanol–water partition coefficient (Wildman–Crippen LogP) is 5.57. The van der Waals surface area contributed by atoms with Crippen LogP contribution in [0.1, 0.15) is 20.8 Å². The number of halogens is 2. The van der Waals surface area contributed by atoms with Gasteiger partial charge in [-0.2, -0.15) is 0 Å². The molecular formula is C17H14BrClN4OS. The molecule has 2 N–H and O–H groups in total. The first kappa shape index (κ1) is 17.8. The normalized spacial score (nSPS) is 10.6. The quantitative estimate of drug-likeness (QED) is 0.560. The van der Waals surface area contributed by atoms with E-state index < -0.39 is 0 Å². The zero-order chi connectivity index (χ0) is 18.0. The zero-order valence-corrected chi connectivity index (χ0v) is 16.6. The second-order valence-corrected chi connectivity index (χ2v) is 7.71. The van der Waals surface area contributed by atoms with Crippen LogP contribution in [0.5, 0.6) is 0 Å². The number of para-hydroxylation sites is 1. The molecule has 0 bridgehead atoms. The third-order valence-corrected chi connectivity index (χ3v) is 5.12. The molecule has 0 fully saturated rings. The molecule has 0 aliphatic rings. The van der Waals surface area contributed by atoms with E-state index in [-0.39, 0.29) is 5.91 Å². The number of nitrogens with zero attached hydrogens (tertiary/aromatic N) is 2. The van der Waals surface area contributed by atoms with E-state index in [1.165, 1.54) is 17.5 Å². The highest BCUT2D eigenvalue weighted by atomic mass is 79.9. The highest BCUT2D eigenvalue weighted by molar-refractivity contribution is 9.10. The summed E-state index contributed by atoms with van der Waals surface area (Å²) in [6, 6.07) is 7.43. The fourth-order valence-corrected chi connectivity index (χ4v) is 3.60.